The Bertz CT molecular complexity index is 923. The van der Waals surface area contributed by atoms with Gasteiger partial charge < -0.3 is 14.2 Å². The zero-order chi connectivity index (χ0) is 20.1. The van der Waals surface area contributed by atoms with Crippen molar-refractivity contribution in [3.63, 3.8) is 0 Å². The average Bonchev–Trinajstić information content (AvgIpc) is 3.16. The van der Waals surface area contributed by atoms with Crippen LogP contribution in [0.2, 0.25) is 0 Å². The van der Waals surface area contributed by atoms with E-state index in [-0.39, 0.29) is 6.04 Å². The number of hydrogen-bond acceptors (Lipinski definition) is 6. The van der Waals surface area contributed by atoms with E-state index in [1.54, 1.807) is 33.1 Å². The van der Waals surface area contributed by atoms with Crippen LogP contribution in [-0.2, 0) is 5.75 Å². The molecule has 0 amide bonds. The molecule has 0 aliphatic rings. The highest BCUT2D eigenvalue weighted by molar-refractivity contribution is 7.98. The molecular formula is C21H25N3O3S. The number of rotatable bonds is 8. The van der Waals surface area contributed by atoms with E-state index < -0.39 is 0 Å². The monoisotopic (exact) mass is 399 g/mol. The van der Waals surface area contributed by atoms with Crippen molar-refractivity contribution >= 4 is 11.8 Å². The molecule has 1 heterocycles. The maximum Gasteiger partial charge on any atom is 0.192 e. The number of methoxy groups -OCH3 is 3. The first kappa shape index (κ1) is 20.1. The molecule has 0 atom stereocenters. The van der Waals surface area contributed by atoms with Crippen LogP contribution >= 0.6 is 11.8 Å². The first-order chi connectivity index (χ1) is 13.6. The van der Waals surface area contributed by atoms with Crippen LogP contribution in [0, 0.1) is 0 Å². The fourth-order valence-electron chi connectivity index (χ4n) is 2.91. The van der Waals surface area contributed by atoms with Crippen LogP contribution in [0.25, 0.3) is 11.4 Å². The molecule has 0 fully saturated rings. The van der Waals surface area contributed by atoms with E-state index in [1.807, 2.05) is 42.5 Å². The SMILES string of the molecule is COc1ccc(-c2nnc(SCc3cc(OC)ccc3OC)n2C(C)C)cc1. The molecule has 0 saturated carbocycles. The van der Waals surface area contributed by atoms with Crippen LogP contribution in [0.4, 0.5) is 0 Å². The van der Waals surface area contributed by atoms with E-state index in [9.17, 15) is 0 Å². The van der Waals surface area contributed by atoms with Gasteiger partial charge in [-0.2, -0.15) is 0 Å². The van der Waals surface area contributed by atoms with Gasteiger partial charge in [-0.25, -0.2) is 0 Å². The zero-order valence-electron chi connectivity index (χ0n) is 16.8. The number of nitrogens with zero attached hydrogens (tertiary/aromatic N) is 3. The van der Waals surface area contributed by atoms with Crippen LogP contribution in [0.1, 0.15) is 25.5 Å². The largest absolute Gasteiger partial charge is 0.497 e. The second kappa shape index (κ2) is 9.01. The smallest absolute Gasteiger partial charge is 0.192 e. The van der Waals surface area contributed by atoms with Gasteiger partial charge in [-0.3, -0.25) is 4.57 Å². The van der Waals surface area contributed by atoms with Gasteiger partial charge in [-0.1, -0.05) is 11.8 Å². The molecule has 0 saturated heterocycles. The Morgan fingerprint density at radius 1 is 0.893 bits per heavy atom. The molecule has 148 valence electrons. The van der Waals surface area contributed by atoms with Crippen molar-refractivity contribution in [3.8, 4) is 28.6 Å². The number of thioether (sulfide) groups is 1. The van der Waals surface area contributed by atoms with Crippen molar-refractivity contribution in [2.45, 2.75) is 30.8 Å². The second-order valence-electron chi connectivity index (χ2n) is 6.46. The molecule has 6 nitrogen and oxygen atoms in total. The molecule has 1 aromatic heterocycles. The predicted octanol–water partition coefficient (Wildman–Crippen LogP) is 4.84. The lowest BCUT2D eigenvalue weighted by molar-refractivity contribution is 0.400. The minimum Gasteiger partial charge on any atom is -0.497 e. The summed E-state index contributed by atoms with van der Waals surface area (Å²) in [6, 6.07) is 13.9. The van der Waals surface area contributed by atoms with Crippen molar-refractivity contribution in [1.82, 2.24) is 14.8 Å². The first-order valence-corrected chi connectivity index (χ1v) is 9.99. The zero-order valence-corrected chi connectivity index (χ0v) is 17.6. The summed E-state index contributed by atoms with van der Waals surface area (Å²) in [4.78, 5) is 0. The molecule has 0 N–H and O–H groups in total. The summed E-state index contributed by atoms with van der Waals surface area (Å²) in [5.41, 5.74) is 2.06. The van der Waals surface area contributed by atoms with Crippen molar-refractivity contribution < 1.29 is 14.2 Å². The third-order valence-electron chi connectivity index (χ3n) is 4.37. The van der Waals surface area contributed by atoms with Gasteiger partial charge in [-0.15, -0.1) is 10.2 Å². The molecule has 0 unspecified atom stereocenters. The van der Waals surface area contributed by atoms with E-state index >= 15 is 0 Å². The Hall–Kier alpha value is -2.67. The number of hydrogen-bond donors (Lipinski definition) is 0. The normalized spacial score (nSPS) is 10.9. The standard InChI is InChI=1S/C21H25N3O3S/c1-14(2)24-20(15-6-8-17(25-3)9-7-15)22-23-21(24)28-13-16-12-18(26-4)10-11-19(16)27-5/h6-12,14H,13H2,1-5H3. The van der Waals surface area contributed by atoms with Gasteiger partial charge in [0.2, 0.25) is 0 Å². The topological polar surface area (TPSA) is 58.4 Å². The van der Waals surface area contributed by atoms with Crippen LogP contribution in [-0.4, -0.2) is 36.1 Å². The number of aromatic nitrogens is 3. The maximum absolute atomic E-state index is 5.48. The summed E-state index contributed by atoms with van der Waals surface area (Å²) < 4.78 is 18.2. The van der Waals surface area contributed by atoms with Gasteiger partial charge in [0.1, 0.15) is 17.2 Å². The number of benzene rings is 2. The first-order valence-electron chi connectivity index (χ1n) is 9.00. The summed E-state index contributed by atoms with van der Waals surface area (Å²) in [5.74, 6) is 4.00. The third kappa shape index (κ3) is 4.25. The van der Waals surface area contributed by atoms with Gasteiger partial charge in [0, 0.05) is 22.9 Å². The molecule has 0 aliphatic carbocycles. The van der Waals surface area contributed by atoms with E-state index in [2.05, 4.69) is 28.6 Å². The van der Waals surface area contributed by atoms with Crippen molar-refractivity contribution in [2.24, 2.45) is 0 Å². The van der Waals surface area contributed by atoms with E-state index in [4.69, 9.17) is 14.2 Å². The molecule has 28 heavy (non-hydrogen) atoms. The Morgan fingerprint density at radius 2 is 1.57 bits per heavy atom. The van der Waals surface area contributed by atoms with Crippen LogP contribution in [0.15, 0.2) is 47.6 Å². The summed E-state index contributed by atoms with van der Waals surface area (Å²) in [6.07, 6.45) is 0. The molecule has 0 bridgehead atoms. The fourth-order valence-corrected chi connectivity index (χ4v) is 3.96. The molecule has 0 aliphatic heterocycles. The third-order valence-corrected chi connectivity index (χ3v) is 5.37. The van der Waals surface area contributed by atoms with Crippen molar-refractivity contribution in [3.05, 3.63) is 48.0 Å². The molecular weight excluding hydrogens is 374 g/mol. The van der Waals surface area contributed by atoms with Gasteiger partial charge in [0.05, 0.1) is 21.3 Å². The summed E-state index contributed by atoms with van der Waals surface area (Å²) >= 11 is 1.63. The van der Waals surface area contributed by atoms with Crippen LogP contribution in [0.3, 0.4) is 0 Å². The molecule has 2 aromatic carbocycles. The molecule has 3 aromatic rings. The van der Waals surface area contributed by atoms with Crippen LogP contribution < -0.4 is 14.2 Å². The average molecular weight is 400 g/mol. The molecule has 7 heteroatoms. The number of ether oxygens (including phenoxy) is 3. The Kier molecular flexibility index (Phi) is 6.46. The predicted molar refractivity (Wildman–Crippen MR) is 112 cm³/mol. The maximum atomic E-state index is 5.48. The lowest BCUT2D eigenvalue weighted by atomic mass is 10.2. The minimum atomic E-state index is 0.224. The van der Waals surface area contributed by atoms with Crippen molar-refractivity contribution in [2.75, 3.05) is 21.3 Å². The highest BCUT2D eigenvalue weighted by Crippen LogP contribution is 2.33. The lowest BCUT2D eigenvalue weighted by Gasteiger charge is -2.15. The highest BCUT2D eigenvalue weighted by atomic mass is 32.2. The minimum absolute atomic E-state index is 0.224. The van der Waals surface area contributed by atoms with E-state index in [0.717, 1.165) is 39.4 Å². The Balaban J connectivity index is 1.88. The van der Waals surface area contributed by atoms with E-state index in [0.29, 0.717) is 5.75 Å². The van der Waals surface area contributed by atoms with Gasteiger partial charge >= 0.3 is 0 Å². The summed E-state index contributed by atoms with van der Waals surface area (Å²) in [5, 5.41) is 9.76. The van der Waals surface area contributed by atoms with Gasteiger partial charge in [0.25, 0.3) is 0 Å². The quantitative estimate of drug-likeness (QED) is 0.505. The fraction of sp³-hybridized carbons (Fsp3) is 0.333. The summed E-state index contributed by atoms with van der Waals surface area (Å²) in [7, 11) is 5.00. The van der Waals surface area contributed by atoms with Gasteiger partial charge in [0.15, 0.2) is 11.0 Å². The molecule has 0 spiro atoms. The lowest BCUT2D eigenvalue weighted by Crippen LogP contribution is -2.05. The Morgan fingerprint density at radius 3 is 2.18 bits per heavy atom. The Labute approximate surface area is 169 Å². The molecule has 0 radical (unpaired) electrons. The van der Waals surface area contributed by atoms with E-state index in [1.165, 1.54) is 0 Å². The molecule has 3 rings (SSSR count). The van der Waals surface area contributed by atoms with Gasteiger partial charge in [-0.05, 0) is 56.3 Å². The second-order valence-corrected chi connectivity index (χ2v) is 7.41. The van der Waals surface area contributed by atoms with Crippen LogP contribution in [0.5, 0.6) is 17.2 Å². The van der Waals surface area contributed by atoms with Crippen molar-refractivity contribution in [1.29, 1.82) is 0 Å². The highest BCUT2D eigenvalue weighted by Gasteiger charge is 2.18. The summed E-state index contributed by atoms with van der Waals surface area (Å²) in [6.45, 7) is 4.26.